The van der Waals surface area contributed by atoms with Gasteiger partial charge < -0.3 is 10.6 Å². The molecule has 2 N–H and O–H groups in total. The molecule has 24 heavy (non-hydrogen) atoms. The van der Waals surface area contributed by atoms with Crippen molar-refractivity contribution in [1.82, 2.24) is 20.4 Å². The molecule has 1 heterocycles. The number of hydrogen-bond donors (Lipinski definition) is 2. The van der Waals surface area contributed by atoms with Crippen molar-refractivity contribution in [2.24, 2.45) is 12.0 Å². The van der Waals surface area contributed by atoms with Crippen molar-refractivity contribution >= 4 is 5.96 Å². The van der Waals surface area contributed by atoms with E-state index in [0.717, 1.165) is 18.3 Å². The van der Waals surface area contributed by atoms with E-state index in [1.54, 1.807) is 10.9 Å². The largest absolute Gasteiger partial charge is 0.357 e. The third kappa shape index (κ3) is 4.78. The summed E-state index contributed by atoms with van der Waals surface area (Å²) < 4.78 is 28.6. The molecular weight excluding hydrogens is 312 g/mol. The van der Waals surface area contributed by atoms with Crippen LogP contribution in [0.25, 0.3) is 0 Å². The summed E-state index contributed by atoms with van der Waals surface area (Å²) in [4.78, 5) is 4.50. The predicted octanol–water partition coefficient (Wildman–Crippen LogP) is 2.56. The van der Waals surface area contributed by atoms with Gasteiger partial charge in [-0.1, -0.05) is 13.0 Å². The molecular formula is C17H23F2N5. The highest BCUT2D eigenvalue weighted by Gasteiger charge is 2.12. The standard InChI is InChI=1S/C17H23F2N5/c1-4-20-17(22-11-14-7-8-23-24(14)3)21-10-12(2)15-6-5-13(18)9-16(15)19/h5-9,12H,4,10-11H2,1-3H3,(H2,20,21,22). The Balaban J connectivity index is 1.98. The van der Waals surface area contributed by atoms with Gasteiger partial charge in [0, 0.05) is 38.3 Å². The van der Waals surface area contributed by atoms with Gasteiger partial charge in [0.1, 0.15) is 11.6 Å². The normalized spacial score (nSPS) is 13.0. The van der Waals surface area contributed by atoms with E-state index in [1.165, 1.54) is 12.1 Å². The van der Waals surface area contributed by atoms with Gasteiger partial charge in [-0.3, -0.25) is 4.68 Å². The first-order chi connectivity index (χ1) is 11.5. The van der Waals surface area contributed by atoms with E-state index in [4.69, 9.17) is 0 Å². The summed E-state index contributed by atoms with van der Waals surface area (Å²) in [6, 6.07) is 5.57. The molecule has 1 unspecified atom stereocenters. The molecule has 0 spiro atoms. The van der Waals surface area contributed by atoms with Crippen LogP contribution in [0.15, 0.2) is 35.5 Å². The molecule has 1 aromatic carbocycles. The number of aromatic nitrogens is 2. The van der Waals surface area contributed by atoms with Crippen molar-refractivity contribution in [3.05, 3.63) is 53.4 Å². The molecule has 2 rings (SSSR count). The molecule has 5 nitrogen and oxygen atoms in total. The molecule has 0 amide bonds. The minimum absolute atomic E-state index is 0.119. The summed E-state index contributed by atoms with van der Waals surface area (Å²) in [5.74, 6) is -0.567. The van der Waals surface area contributed by atoms with Gasteiger partial charge in [-0.05, 0) is 24.6 Å². The molecule has 2 aromatic rings. The Morgan fingerprint density at radius 3 is 2.71 bits per heavy atom. The Hall–Kier alpha value is -2.44. The van der Waals surface area contributed by atoms with E-state index < -0.39 is 11.6 Å². The lowest BCUT2D eigenvalue weighted by atomic mass is 10.0. The molecule has 1 aromatic heterocycles. The quantitative estimate of drug-likeness (QED) is 0.630. The number of halogens is 2. The second-order valence-electron chi connectivity index (χ2n) is 5.59. The highest BCUT2D eigenvalue weighted by Crippen LogP contribution is 2.19. The number of guanidine groups is 1. The van der Waals surface area contributed by atoms with Gasteiger partial charge in [0.2, 0.25) is 0 Å². The maximum absolute atomic E-state index is 13.8. The van der Waals surface area contributed by atoms with Crippen LogP contribution in [0.4, 0.5) is 8.78 Å². The smallest absolute Gasteiger partial charge is 0.191 e. The van der Waals surface area contributed by atoms with E-state index in [1.807, 2.05) is 27.0 Å². The molecule has 0 aliphatic carbocycles. The second kappa shape index (κ2) is 8.42. The fourth-order valence-electron chi connectivity index (χ4n) is 2.32. The zero-order valence-electron chi connectivity index (χ0n) is 14.2. The number of rotatable bonds is 6. The maximum Gasteiger partial charge on any atom is 0.191 e. The average Bonchev–Trinajstić information content (AvgIpc) is 2.95. The SMILES string of the molecule is CCNC(=NCc1ccnn1C)NCC(C)c1ccc(F)cc1F. The molecule has 0 bridgehead atoms. The molecule has 0 radical (unpaired) electrons. The van der Waals surface area contributed by atoms with Gasteiger partial charge in [0.25, 0.3) is 0 Å². The van der Waals surface area contributed by atoms with E-state index in [2.05, 4.69) is 20.7 Å². The third-order valence-electron chi connectivity index (χ3n) is 3.73. The Labute approximate surface area is 140 Å². The van der Waals surface area contributed by atoms with Gasteiger partial charge in [-0.2, -0.15) is 5.10 Å². The van der Waals surface area contributed by atoms with Gasteiger partial charge in [-0.15, -0.1) is 0 Å². The number of hydrogen-bond acceptors (Lipinski definition) is 2. The van der Waals surface area contributed by atoms with Crippen LogP contribution in [0, 0.1) is 11.6 Å². The highest BCUT2D eigenvalue weighted by molar-refractivity contribution is 5.79. The van der Waals surface area contributed by atoms with Crippen molar-refractivity contribution in [3.63, 3.8) is 0 Å². The summed E-state index contributed by atoms with van der Waals surface area (Å²) in [6.07, 6.45) is 1.73. The van der Waals surface area contributed by atoms with E-state index in [0.29, 0.717) is 24.6 Å². The molecule has 0 fully saturated rings. The minimum Gasteiger partial charge on any atom is -0.357 e. The molecule has 130 valence electrons. The maximum atomic E-state index is 13.8. The first-order valence-electron chi connectivity index (χ1n) is 7.95. The van der Waals surface area contributed by atoms with Crippen LogP contribution in [0.3, 0.4) is 0 Å². The molecule has 1 atom stereocenters. The number of nitrogens with one attached hydrogen (secondary N) is 2. The zero-order valence-corrected chi connectivity index (χ0v) is 14.2. The van der Waals surface area contributed by atoms with Crippen LogP contribution < -0.4 is 10.6 Å². The Bertz CT molecular complexity index is 696. The number of nitrogens with zero attached hydrogens (tertiary/aromatic N) is 3. The molecule has 0 saturated carbocycles. The van der Waals surface area contributed by atoms with Gasteiger partial charge in [-0.25, -0.2) is 13.8 Å². The fourth-order valence-corrected chi connectivity index (χ4v) is 2.32. The summed E-state index contributed by atoms with van der Waals surface area (Å²) >= 11 is 0. The van der Waals surface area contributed by atoms with Gasteiger partial charge in [0.15, 0.2) is 5.96 Å². The summed E-state index contributed by atoms with van der Waals surface area (Å²) in [5.41, 5.74) is 1.47. The van der Waals surface area contributed by atoms with Crippen molar-refractivity contribution in [1.29, 1.82) is 0 Å². The molecule has 7 heteroatoms. The van der Waals surface area contributed by atoms with Crippen molar-refractivity contribution in [3.8, 4) is 0 Å². The molecule has 0 aliphatic rings. The first kappa shape index (κ1) is 17.9. The van der Waals surface area contributed by atoms with E-state index >= 15 is 0 Å². The van der Waals surface area contributed by atoms with E-state index in [9.17, 15) is 8.78 Å². The second-order valence-corrected chi connectivity index (χ2v) is 5.59. The topological polar surface area (TPSA) is 54.2 Å². The third-order valence-corrected chi connectivity index (χ3v) is 3.73. The monoisotopic (exact) mass is 335 g/mol. The highest BCUT2D eigenvalue weighted by atomic mass is 19.1. The lowest BCUT2D eigenvalue weighted by molar-refractivity contribution is 0.556. The Kier molecular flexibility index (Phi) is 6.28. The van der Waals surface area contributed by atoms with Crippen LogP contribution in [0.2, 0.25) is 0 Å². The fraction of sp³-hybridized carbons (Fsp3) is 0.412. The number of aliphatic imine (C=N–C) groups is 1. The van der Waals surface area contributed by atoms with Crippen LogP contribution in [0.5, 0.6) is 0 Å². The van der Waals surface area contributed by atoms with Gasteiger partial charge in [0.05, 0.1) is 12.2 Å². The zero-order chi connectivity index (χ0) is 17.5. The van der Waals surface area contributed by atoms with Crippen molar-refractivity contribution < 1.29 is 8.78 Å². The summed E-state index contributed by atoms with van der Waals surface area (Å²) in [5, 5.41) is 10.4. The minimum atomic E-state index is -0.567. The Morgan fingerprint density at radius 2 is 2.08 bits per heavy atom. The predicted molar refractivity (Wildman–Crippen MR) is 90.8 cm³/mol. The lowest BCUT2D eigenvalue weighted by Gasteiger charge is -2.17. The van der Waals surface area contributed by atoms with Crippen molar-refractivity contribution in [2.45, 2.75) is 26.3 Å². The van der Waals surface area contributed by atoms with Crippen molar-refractivity contribution in [2.75, 3.05) is 13.1 Å². The lowest BCUT2D eigenvalue weighted by Crippen LogP contribution is -2.39. The Morgan fingerprint density at radius 1 is 1.29 bits per heavy atom. The summed E-state index contributed by atoms with van der Waals surface area (Å²) in [7, 11) is 1.87. The first-order valence-corrected chi connectivity index (χ1v) is 7.95. The number of benzene rings is 1. The van der Waals surface area contributed by atoms with Crippen LogP contribution in [-0.2, 0) is 13.6 Å². The van der Waals surface area contributed by atoms with E-state index in [-0.39, 0.29) is 5.92 Å². The van der Waals surface area contributed by atoms with Crippen LogP contribution >= 0.6 is 0 Å². The summed E-state index contributed by atoms with van der Waals surface area (Å²) in [6.45, 7) is 5.56. The number of aryl methyl sites for hydroxylation is 1. The molecule has 0 saturated heterocycles. The van der Waals surface area contributed by atoms with Crippen LogP contribution in [0.1, 0.15) is 31.0 Å². The van der Waals surface area contributed by atoms with Gasteiger partial charge >= 0.3 is 0 Å². The average molecular weight is 335 g/mol. The van der Waals surface area contributed by atoms with Crippen LogP contribution in [-0.4, -0.2) is 28.8 Å². The molecule has 0 aliphatic heterocycles.